The molecular weight excluding hydrogens is 484 g/mol. The van der Waals surface area contributed by atoms with Crippen molar-refractivity contribution >= 4 is 66.7 Å². The molecule has 11 heteroatoms. The van der Waals surface area contributed by atoms with Crippen LogP contribution in [0.2, 0.25) is 0 Å². The van der Waals surface area contributed by atoms with E-state index in [1.807, 2.05) is 0 Å². The van der Waals surface area contributed by atoms with Crippen molar-refractivity contribution < 1.29 is 38.1 Å². The highest BCUT2D eigenvalue weighted by Crippen LogP contribution is 2.52. The first-order valence-corrected chi connectivity index (χ1v) is 12.3. The Labute approximate surface area is 202 Å². The lowest BCUT2D eigenvalue weighted by atomic mass is 10.1. The zero-order chi connectivity index (χ0) is 25.0. The maximum atomic E-state index is 12.4. The Morgan fingerprint density at radius 2 is 0.941 bits per heavy atom. The van der Waals surface area contributed by atoms with Crippen LogP contribution < -0.4 is 23.0 Å². The quantitative estimate of drug-likeness (QED) is 0.315. The van der Waals surface area contributed by atoms with Crippen LogP contribution in [-0.2, 0) is 19.2 Å². The van der Waals surface area contributed by atoms with Crippen LogP contribution in [0.4, 0.5) is 0 Å². The van der Waals surface area contributed by atoms with Gasteiger partial charge in [0.2, 0.25) is 0 Å². The molecule has 3 rings (SSSR count). The van der Waals surface area contributed by atoms with Crippen LogP contribution in [0.5, 0.6) is 23.0 Å². The Morgan fingerprint density at radius 3 is 1.26 bits per heavy atom. The summed E-state index contributed by atoms with van der Waals surface area (Å²) in [4.78, 5) is 61.3. The highest BCUT2D eigenvalue weighted by Gasteiger charge is 2.29. The number of carbonyl (C=O) groups excluding carboxylic acids is 4. The number of rotatable bonds is 8. The average molecular weight is 507 g/mol. The molecule has 0 saturated carbocycles. The van der Waals surface area contributed by atoms with Crippen LogP contribution in [0.15, 0.2) is 16.9 Å². The van der Waals surface area contributed by atoms with Crippen LogP contribution in [0.25, 0.3) is 20.2 Å². The van der Waals surface area contributed by atoms with Gasteiger partial charge in [-0.3, -0.25) is 24.0 Å². The summed E-state index contributed by atoms with van der Waals surface area (Å²) in [5, 5.41) is 0.149. The van der Waals surface area contributed by atoms with E-state index in [2.05, 4.69) is 0 Å². The molecule has 0 fully saturated rings. The third-order valence-corrected chi connectivity index (χ3v) is 6.76. The molecule has 0 bridgehead atoms. The predicted molar refractivity (Wildman–Crippen MR) is 127 cm³/mol. The topological polar surface area (TPSA) is 122 Å². The van der Waals surface area contributed by atoms with E-state index in [1.165, 1.54) is 12.1 Å². The molecule has 0 aliphatic carbocycles. The summed E-state index contributed by atoms with van der Waals surface area (Å²) in [6, 6.07) is 2.79. The van der Waals surface area contributed by atoms with Gasteiger partial charge in [-0.25, -0.2) is 0 Å². The van der Waals surface area contributed by atoms with Crippen LogP contribution in [0.1, 0.15) is 53.4 Å². The standard InChI is InChI=1S/C23H22O9S2/c1-5-13(24)29-11-9-10-12(30-14(25)6-2)18-17(11)19(31-15(26)7-3)21-22(34-23(28)33-21)20(18)32-16(27)8-4/h9-10H,5-8H2,1-4H3. The summed E-state index contributed by atoms with van der Waals surface area (Å²) in [7, 11) is 0. The predicted octanol–water partition coefficient (Wildman–Crippen LogP) is 4.74. The van der Waals surface area contributed by atoms with Crippen LogP contribution in [0, 0.1) is 0 Å². The molecule has 3 aromatic rings. The Morgan fingerprint density at radius 1 is 0.618 bits per heavy atom. The number of benzene rings is 2. The van der Waals surface area contributed by atoms with Gasteiger partial charge in [0.15, 0.2) is 11.5 Å². The van der Waals surface area contributed by atoms with E-state index in [-0.39, 0.29) is 72.9 Å². The van der Waals surface area contributed by atoms with E-state index in [0.717, 1.165) is 22.7 Å². The average Bonchev–Trinajstić information content (AvgIpc) is 3.22. The van der Waals surface area contributed by atoms with Crippen molar-refractivity contribution in [1.82, 2.24) is 0 Å². The Bertz CT molecular complexity index is 1250. The van der Waals surface area contributed by atoms with Crippen molar-refractivity contribution in [3.63, 3.8) is 0 Å². The highest BCUT2D eigenvalue weighted by molar-refractivity contribution is 7.36. The molecule has 0 saturated heterocycles. The second-order valence-corrected chi connectivity index (χ2v) is 9.12. The van der Waals surface area contributed by atoms with E-state index in [0.29, 0.717) is 0 Å². The molecule has 180 valence electrons. The fourth-order valence-corrected chi connectivity index (χ4v) is 5.04. The molecule has 0 unspecified atom stereocenters. The summed E-state index contributed by atoms with van der Waals surface area (Å²) in [6.45, 7) is 6.41. The molecule has 0 atom stereocenters. The van der Waals surface area contributed by atoms with Gasteiger partial charge in [-0.2, -0.15) is 0 Å². The molecule has 0 aliphatic rings. The molecule has 1 heterocycles. The second kappa shape index (κ2) is 10.7. The van der Waals surface area contributed by atoms with Crippen molar-refractivity contribution in [1.29, 1.82) is 0 Å². The van der Waals surface area contributed by atoms with E-state index < -0.39 is 23.9 Å². The molecule has 34 heavy (non-hydrogen) atoms. The fourth-order valence-electron chi connectivity index (χ4n) is 2.95. The molecule has 0 amide bonds. The molecule has 0 spiro atoms. The van der Waals surface area contributed by atoms with Crippen LogP contribution in [0.3, 0.4) is 0 Å². The lowest BCUT2D eigenvalue weighted by Crippen LogP contribution is -2.12. The summed E-state index contributed by atoms with van der Waals surface area (Å²) in [5.74, 6) is -2.42. The van der Waals surface area contributed by atoms with Crippen molar-refractivity contribution in [2.24, 2.45) is 0 Å². The highest BCUT2D eigenvalue weighted by atomic mass is 32.2. The monoisotopic (exact) mass is 506 g/mol. The number of esters is 4. The van der Waals surface area contributed by atoms with Gasteiger partial charge in [0, 0.05) is 25.7 Å². The number of hydrogen-bond donors (Lipinski definition) is 0. The van der Waals surface area contributed by atoms with E-state index in [9.17, 15) is 24.0 Å². The molecule has 0 N–H and O–H groups in total. The van der Waals surface area contributed by atoms with Crippen LogP contribution >= 0.6 is 22.7 Å². The molecule has 9 nitrogen and oxygen atoms in total. The van der Waals surface area contributed by atoms with E-state index >= 15 is 0 Å². The Hall–Kier alpha value is -3.31. The van der Waals surface area contributed by atoms with Gasteiger partial charge in [0.05, 0.1) is 20.2 Å². The summed E-state index contributed by atoms with van der Waals surface area (Å²) in [6.07, 6.45) is 0.181. The fraction of sp³-hybridized carbons (Fsp3) is 0.348. The largest absolute Gasteiger partial charge is 0.426 e. The maximum Gasteiger partial charge on any atom is 0.310 e. The van der Waals surface area contributed by atoms with Gasteiger partial charge < -0.3 is 18.9 Å². The third kappa shape index (κ3) is 5.10. The first kappa shape index (κ1) is 25.3. The minimum absolute atomic E-state index is 0.00130. The zero-order valence-corrected chi connectivity index (χ0v) is 20.6. The van der Waals surface area contributed by atoms with Gasteiger partial charge in [0.1, 0.15) is 11.5 Å². The first-order valence-electron chi connectivity index (χ1n) is 10.6. The lowest BCUT2D eigenvalue weighted by Gasteiger charge is -2.18. The minimum Gasteiger partial charge on any atom is -0.426 e. The molecule has 0 radical (unpaired) electrons. The summed E-state index contributed by atoms with van der Waals surface area (Å²) >= 11 is 1.60. The number of carbonyl (C=O) groups is 4. The maximum absolute atomic E-state index is 12.4. The number of hydrogen-bond acceptors (Lipinski definition) is 11. The smallest absolute Gasteiger partial charge is 0.310 e. The van der Waals surface area contributed by atoms with Crippen molar-refractivity contribution in [2.75, 3.05) is 0 Å². The SMILES string of the molecule is CCC(=O)Oc1ccc(OC(=O)CC)c2c(OC(=O)CC)c3sc(=O)sc3c(OC(=O)CC)c12. The summed E-state index contributed by atoms with van der Waals surface area (Å²) < 4.78 is 22.3. The molecule has 1 aromatic heterocycles. The Balaban J connectivity index is 2.55. The summed E-state index contributed by atoms with van der Waals surface area (Å²) in [5.41, 5.74) is 0. The number of fused-ring (bicyclic) bond motifs is 2. The van der Waals surface area contributed by atoms with Gasteiger partial charge in [0.25, 0.3) is 4.06 Å². The van der Waals surface area contributed by atoms with Gasteiger partial charge in [-0.15, -0.1) is 0 Å². The molecule has 0 aliphatic heterocycles. The van der Waals surface area contributed by atoms with E-state index in [4.69, 9.17) is 18.9 Å². The van der Waals surface area contributed by atoms with Gasteiger partial charge in [-0.1, -0.05) is 50.4 Å². The third-order valence-electron chi connectivity index (χ3n) is 4.61. The minimum atomic E-state index is -0.601. The second-order valence-electron chi connectivity index (χ2n) is 6.89. The van der Waals surface area contributed by atoms with Gasteiger partial charge >= 0.3 is 23.9 Å². The first-order chi connectivity index (χ1) is 16.2. The van der Waals surface area contributed by atoms with Crippen molar-refractivity contribution in [3.8, 4) is 23.0 Å². The normalized spacial score (nSPS) is 10.8. The Kier molecular flexibility index (Phi) is 8.00. The zero-order valence-electron chi connectivity index (χ0n) is 19.0. The number of ether oxygens (including phenoxy) is 4. The van der Waals surface area contributed by atoms with Crippen LogP contribution in [-0.4, -0.2) is 23.9 Å². The molecular formula is C23H22O9S2. The lowest BCUT2D eigenvalue weighted by molar-refractivity contribution is -0.135. The molecule has 2 aromatic carbocycles. The van der Waals surface area contributed by atoms with E-state index in [1.54, 1.807) is 27.7 Å². The van der Waals surface area contributed by atoms with Gasteiger partial charge in [-0.05, 0) is 12.1 Å². The van der Waals surface area contributed by atoms with Crippen molar-refractivity contribution in [2.45, 2.75) is 53.4 Å². The van der Waals surface area contributed by atoms with Crippen molar-refractivity contribution in [3.05, 3.63) is 21.0 Å².